The lowest BCUT2D eigenvalue weighted by atomic mass is 9.75. The monoisotopic (exact) mass is 436 g/mol. The normalized spacial score (nSPS) is 22.0. The number of para-hydroxylation sites is 1. The van der Waals surface area contributed by atoms with Gasteiger partial charge in [0.05, 0.1) is 19.3 Å². The molecule has 0 saturated carbocycles. The van der Waals surface area contributed by atoms with Gasteiger partial charge in [-0.2, -0.15) is 0 Å². The molecule has 0 aliphatic carbocycles. The highest BCUT2D eigenvalue weighted by atomic mass is 16.5. The second-order valence-corrected chi connectivity index (χ2v) is 8.90. The van der Waals surface area contributed by atoms with Crippen LogP contribution in [0.3, 0.4) is 0 Å². The number of ether oxygens (including phenoxy) is 2. The van der Waals surface area contributed by atoms with E-state index in [1.165, 1.54) is 0 Å². The van der Waals surface area contributed by atoms with E-state index in [1.54, 1.807) is 7.11 Å². The average Bonchev–Trinajstić information content (AvgIpc) is 2.84. The number of likely N-dealkylation sites (tertiary alicyclic amines) is 1. The fourth-order valence-corrected chi connectivity index (χ4v) is 4.84. The number of nitrogens with zero attached hydrogens (tertiary/aromatic N) is 1. The van der Waals surface area contributed by atoms with Crippen molar-refractivity contribution in [3.05, 3.63) is 59.7 Å². The highest BCUT2D eigenvalue weighted by Gasteiger charge is 2.37. The molecular weight excluding hydrogens is 404 g/mol. The summed E-state index contributed by atoms with van der Waals surface area (Å²) in [5, 5.41) is 3.16. The van der Waals surface area contributed by atoms with Crippen molar-refractivity contribution in [1.29, 1.82) is 0 Å². The van der Waals surface area contributed by atoms with Crippen LogP contribution in [0.5, 0.6) is 11.5 Å². The van der Waals surface area contributed by atoms with Crippen LogP contribution in [0.15, 0.2) is 48.5 Å². The van der Waals surface area contributed by atoms with E-state index in [9.17, 15) is 9.59 Å². The number of hydrogen-bond donors (Lipinski definition) is 1. The van der Waals surface area contributed by atoms with Crippen molar-refractivity contribution in [3.8, 4) is 11.5 Å². The molecule has 2 aromatic carbocycles. The van der Waals surface area contributed by atoms with Crippen LogP contribution in [-0.4, -0.2) is 50.1 Å². The van der Waals surface area contributed by atoms with E-state index < -0.39 is 0 Å². The molecule has 1 unspecified atom stereocenters. The highest BCUT2D eigenvalue weighted by Crippen LogP contribution is 2.36. The van der Waals surface area contributed by atoms with Gasteiger partial charge in [0.2, 0.25) is 0 Å². The van der Waals surface area contributed by atoms with Gasteiger partial charge in [0.1, 0.15) is 11.5 Å². The Morgan fingerprint density at radius 2 is 1.81 bits per heavy atom. The lowest BCUT2D eigenvalue weighted by Crippen LogP contribution is -2.51. The molecule has 0 bridgehead atoms. The molecule has 1 fully saturated rings. The first kappa shape index (κ1) is 22.2. The van der Waals surface area contributed by atoms with Crippen LogP contribution in [0.25, 0.3) is 0 Å². The number of carbonyl (C=O) groups excluding carboxylic acids is 2. The smallest absolute Gasteiger partial charge is 0.255 e. The van der Waals surface area contributed by atoms with Crippen LogP contribution in [0, 0.1) is 5.41 Å². The number of methoxy groups -OCH3 is 1. The van der Waals surface area contributed by atoms with E-state index in [0.717, 1.165) is 50.8 Å². The van der Waals surface area contributed by atoms with Gasteiger partial charge in [-0.15, -0.1) is 0 Å². The van der Waals surface area contributed by atoms with Gasteiger partial charge in [0, 0.05) is 30.6 Å². The summed E-state index contributed by atoms with van der Waals surface area (Å²) < 4.78 is 11.1. The van der Waals surface area contributed by atoms with Gasteiger partial charge >= 0.3 is 0 Å². The molecule has 0 radical (unpaired) electrons. The number of nitrogens with one attached hydrogen (secondary N) is 1. The van der Waals surface area contributed by atoms with Gasteiger partial charge in [-0.1, -0.05) is 25.0 Å². The Morgan fingerprint density at radius 3 is 2.62 bits per heavy atom. The lowest BCUT2D eigenvalue weighted by molar-refractivity contribution is 0.0468. The first-order valence-corrected chi connectivity index (χ1v) is 11.5. The standard InChI is InChI=1S/C26H32N2O4/c1-31-21-12-10-20(11-13-21)25(30)28-16-7-15-26(19-28)14-5-2-6-17-32-23-9-4-3-8-22(23)24(29)27-18-26/h3-4,8-13H,2,5-7,14-19H2,1H3,(H,27,29). The maximum Gasteiger partial charge on any atom is 0.255 e. The minimum Gasteiger partial charge on any atom is -0.497 e. The molecule has 0 aromatic heterocycles. The van der Waals surface area contributed by atoms with Gasteiger partial charge in [0.25, 0.3) is 11.8 Å². The molecule has 2 amide bonds. The molecule has 6 nitrogen and oxygen atoms in total. The van der Waals surface area contributed by atoms with Crippen molar-refractivity contribution in [2.45, 2.75) is 38.5 Å². The Morgan fingerprint density at radius 1 is 1.03 bits per heavy atom. The van der Waals surface area contributed by atoms with Gasteiger partial charge in [-0.25, -0.2) is 0 Å². The van der Waals surface area contributed by atoms with Crippen LogP contribution >= 0.6 is 0 Å². The average molecular weight is 437 g/mol. The zero-order chi connectivity index (χ0) is 22.4. The Balaban J connectivity index is 1.51. The molecular formula is C26H32N2O4. The second-order valence-electron chi connectivity index (χ2n) is 8.90. The van der Waals surface area contributed by atoms with Crippen LogP contribution in [0.2, 0.25) is 0 Å². The number of amides is 2. The van der Waals surface area contributed by atoms with Crippen molar-refractivity contribution in [3.63, 3.8) is 0 Å². The van der Waals surface area contributed by atoms with E-state index in [-0.39, 0.29) is 17.2 Å². The summed E-state index contributed by atoms with van der Waals surface area (Å²) in [6.07, 6.45) is 6.03. The summed E-state index contributed by atoms with van der Waals surface area (Å²) in [6, 6.07) is 14.7. The van der Waals surface area contributed by atoms with E-state index in [2.05, 4.69) is 5.32 Å². The topological polar surface area (TPSA) is 67.9 Å². The minimum absolute atomic E-state index is 0.0444. The molecule has 1 N–H and O–H groups in total. The van der Waals surface area contributed by atoms with Crippen LogP contribution < -0.4 is 14.8 Å². The Labute approximate surface area is 189 Å². The Bertz CT molecular complexity index is 943. The third-order valence-corrected chi connectivity index (χ3v) is 6.65. The van der Waals surface area contributed by atoms with Crippen molar-refractivity contribution in [2.24, 2.45) is 5.41 Å². The third-order valence-electron chi connectivity index (χ3n) is 6.65. The summed E-state index contributed by atoms with van der Waals surface area (Å²) in [6.45, 7) is 2.58. The number of rotatable bonds is 2. The first-order chi connectivity index (χ1) is 15.6. The Kier molecular flexibility index (Phi) is 6.98. The minimum atomic E-state index is -0.112. The molecule has 4 rings (SSSR count). The van der Waals surface area contributed by atoms with Gasteiger partial charge in [-0.05, 0) is 62.1 Å². The molecule has 2 heterocycles. The molecule has 1 spiro atoms. The molecule has 6 heteroatoms. The SMILES string of the molecule is COc1ccc(C(=O)N2CCCC3(CCCCCOc4ccccc4C(=O)NC3)C2)cc1. The quantitative estimate of drug-likeness (QED) is 0.762. The van der Waals surface area contributed by atoms with E-state index >= 15 is 0 Å². The zero-order valence-corrected chi connectivity index (χ0v) is 18.8. The first-order valence-electron chi connectivity index (χ1n) is 11.5. The van der Waals surface area contributed by atoms with Crippen LogP contribution in [-0.2, 0) is 0 Å². The molecule has 2 aliphatic rings. The fourth-order valence-electron chi connectivity index (χ4n) is 4.84. The summed E-state index contributed by atoms with van der Waals surface area (Å²) in [5.41, 5.74) is 1.14. The predicted octanol–water partition coefficient (Wildman–Crippen LogP) is 4.30. The van der Waals surface area contributed by atoms with E-state index in [4.69, 9.17) is 9.47 Å². The van der Waals surface area contributed by atoms with Crippen molar-refractivity contribution in [1.82, 2.24) is 10.2 Å². The van der Waals surface area contributed by atoms with Crippen molar-refractivity contribution in [2.75, 3.05) is 33.4 Å². The molecule has 1 saturated heterocycles. The molecule has 2 aliphatic heterocycles. The number of piperidine rings is 1. The number of benzene rings is 2. The fraction of sp³-hybridized carbons (Fsp3) is 0.462. The number of hydrogen-bond acceptors (Lipinski definition) is 4. The maximum atomic E-state index is 13.2. The van der Waals surface area contributed by atoms with Crippen molar-refractivity contribution < 1.29 is 19.1 Å². The van der Waals surface area contributed by atoms with Crippen molar-refractivity contribution >= 4 is 11.8 Å². The number of fused-ring (bicyclic) bond motifs is 1. The van der Waals surface area contributed by atoms with E-state index in [1.807, 2.05) is 53.4 Å². The largest absolute Gasteiger partial charge is 0.497 e. The van der Waals surface area contributed by atoms with Gasteiger partial charge in [0.15, 0.2) is 0 Å². The molecule has 32 heavy (non-hydrogen) atoms. The van der Waals surface area contributed by atoms with Crippen LogP contribution in [0.1, 0.15) is 59.2 Å². The lowest BCUT2D eigenvalue weighted by Gasteiger charge is -2.43. The number of carbonyl (C=O) groups is 2. The zero-order valence-electron chi connectivity index (χ0n) is 18.8. The van der Waals surface area contributed by atoms with Gasteiger partial charge in [-0.3, -0.25) is 9.59 Å². The third kappa shape index (κ3) is 5.06. The van der Waals surface area contributed by atoms with Crippen LogP contribution in [0.4, 0.5) is 0 Å². The second kappa shape index (κ2) is 10.1. The summed E-state index contributed by atoms with van der Waals surface area (Å²) in [4.78, 5) is 28.1. The molecule has 170 valence electrons. The summed E-state index contributed by atoms with van der Waals surface area (Å²) >= 11 is 0. The summed E-state index contributed by atoms with van der Waals surface area (Å²) in [7, 11) is 1.62. The maximum absolute atomic E-state index is 13.2. The van der Waals surface area contributed by atoms with Gasteiger partial charge < -0.3 is 19.7 Å². The highest BCUT2D eigenvalue weighted by molar-refractivity contribution is 5.97. The molecule has 2 aromatic rings. The Hall–Kier alpha value is -3.02. The summed E-state index contributed by atoms with van der Waals surface area (Å²) in [5.74, 6) is 1.31. The molecule has 1 atom stereocenters. The predicted molar refractivity (Wildman–Crippen MR) is 123 cm³/mol. The van der Waals surface area contributed by atoms with E-state index in [0.29, 0.717) is 36.6 Å².